The van der Waals surface area contributed by atoms with Gasteiger partial charge in [-0.2, -0.15) is 0 Å². The standard InChI is InChI=1S/C18H26N4OS/c1-5-19-18(21-11-17-13(2)22-14(3)24-17)20-10-15-6-8-16(9-7-15)12-23-4/h6-9H,5,10-12H2,1-4H3,(H2,19,20,21). The number of nitrogens with one attached hydrogen (secondary N) is 2. The van der Waals surface area contributed by atoms with Gasteiger partial charge in [0, 0.05) is 18.5 Å². The minimum atomic E-state index is 0.640. The highest BCUT2D eigenvalue weighted by atomic mass is 32.1. The van der Waals surface area contributed by atoms with Crippen molar-refractivity contribution >= 4 is 17.3 Å². The molecule has 0 unspecified atom stereocenters. The van der Waals surface area contributed by atoms with Crippen molar-refractivity contribution in [2.45, 2.75) is 40.5 Å². The first kappa shape index (κ1) is 18.4. The number of thiazole rings is 1. The van der Waals surface area contributed by atoms with E-state index in [9.17, 15) is 0 Å². The Labute approximate surface area is 148 Å². The van der Waals surface area contributed by atoms with E-state index in [1.165, 1.54) is 16.0 Å². The average Bonchev–Trinajstić information content (AvgIpc) is 2.89. The first-order chi connectivity index (χ1) is 11.6. The summed E-state index contributed by atoms with van der Waals surface area (Å²) in [4.78, 5) is 10.4. The summed E-state index contributed by atoms with van der Waals surface area (Å²) in [5.74, 6) is 0.823. The quantitative estimate of drug-likeness (QED) is 0.597. The summed E-state index contributed by atoms with van der Waals surface area (Å²) >= 11 is 1.73. The van der Waals surface area contributed by atoms with Crippen molar-refractivity contribution in [2.24, 2.45) is 4.99 Å². The van der Waals surface area contributed by atoms with Gasteiger partial charge in [0.25, 0.3) is 0 Å². The molecular weight excluding hydrogens is 320 g/mol. The van der Waals surface area contributed by atoms with Crippen LogP contribution in [-0.4, -0.2) is 24.6 Å². The van der Waals surface area contributed by atoms with Crippen LogP contribution >= 0.6 is 11.3 Å². The fourth-order valence-electron chi connectivity index (χ4n) is 2.32. The molecule has 0 radical (unpaired) electrons. The predicted octanol–water partition coefficient (Wildman–Crippen LogP) is 3.16. The third kappa shape index (κ3) is 5.62. The van der Waals surface area contributed by atoms with Gasteiger partial charge in [-0.1, -0.05) is 24.3 Å². The van der Waals surface area contributed by atoms with Crippen LogP contribution in [0.3, 0.4) is 0 Å². The summed E-state index contributed by atoms with van der Waals surface area (Å²) in [7, 11) is 1.71. The van der Waals surface area contributed by atoms with E-state index in [0.29, 0.717) is 13.2 Å². The molecule has 0 fully saturated rings. The second kappa shape index (κ2) is 9.39. The Kier molecular flexibility index (Phi) is 7.21. The number of hydrogen-bond acceptors (Lipinski definition) is 4. The Bertz CT molecular complexity index is 664. The van der Waals surface area contributed by atoms with Crippen molar-refractivity contribution < 1.29 is 4.74 Å². The summed E-state index contributed by atoms with van der Waals surface area (Å²) in [5.41, 5.74) is 3.44. The van der Waals surface area contributed by atoms with Gasteiger partial charge in [-0.15, -0.1) is 11.3 Å². The minimum absolute atomic E-state index is 0.640. The van der Waals surface area contributed by atoms with E-state index in [1.807, 2.05) is 13.8 Å². The van der Waals surface area contributed by atoms with Crippen LogP contribution in [0.1, 0.15) is 33.6 Å². The van der Waals surface area contributed by atoms with Crippen LogP contribution in [0.2, 0.25) is 0 Å². The number of aliphatic imine (C=N–C) groups is 1. The van der Waals surface area contributed by atoms with Crippen molar-refractivity contribution in [1.82, 2.24) is 15.6 Å². The van der Waals surface area contributed by atoms with Crippen LogP contribution in [0.25, 0.3) is 0 Å². The number of aromatic nitrogens is 1. The van der Waals surface area contributed by atoms with Crippen molar-refractivity contribution in [2.75, 3.05) is 13.7 Å². The number of methoxy groups -OCH3 is 1. The molecule has 0 atom stereocenters. The molecule has 2 aromatic rings. The zero-order valence-corrected chi connectivity index (χ0v) is 15.7. The van der Waals surface area contributed by atoms with Crippen LogP contribution in [0.5, 0.6) is 0 Å². The Morgan fingerprint density at radius 3 is 2.46 bits per heavy atom. The molecule has 0 saturated carbocycles. The third-order valence-corrected chi connectivity index (χ3v) is 4.59. The van der Waals surface area contributed by atoms with Crippen LogP contribution in [-0.2, 0) is 24.4 Å². The molecule has 130 valence electrons. The second-order valence-electron chi connectivity index (χ2n) is 5.54. The maximum Gasteiger partial charge on any atom is 0.191 e. The number of guanidine groups is 1. The average molecular weight is 347 g/mol. The SMILES string of the molecule is CCNC(=NCc1ccc(COC)cc1)NCc1sc(C)nc1C. The van der Waals surface area contributed by atoms with Crippen LogP contribution < -0.4 is 10.6 Å². The van der Waals surface area contributed by atoms with Gasteiger partial charge in [0.2, 0.25) is 0 Å². The van der Waals surface area contributed by atoms with Gasteiger partial charge >= 0.3 is 0 Å². The Balaban J connectivity index is 1.95. The number of benzene rings is 1. The molecule has 1 aromatic heterocycles. The second-order valence-corrected chi connectivity index (χ2v) is 6.83. The molecule has 0 aliphatic heterocycles. The highest BCUT2D eigenvalue weighted by Crippen LogP contribution is 2.16. The number of ether oxygens (including phenoxy) is 1. The molecule has 1 heterocycles. The maximum absolute atomic E-state index is 5.13. The molecular formula is C18H26N4OS. The fraction of sp³-hybridized carbons (Fsp3) is 0.444. The molecule has 0 saturated heterocycles. The maximum atomic E-state index is 5.13. The van der Waals surface area contributed by atoms with Crippen molar-refractivity contribution in [3.63, 3.8) is 0 Å². The minimum Gasteiger partial charge on any atom is -0.380 e. The van der Waals surface area contributed by atoms with Gasteiger partial charge in [0.05, 0.1) is 30.4 Å². The van der Waals surface area contributed by atoms with Crippen LogP contribution in [0.4, 0.5) is 0 Å². The third-order valence-electron chi connectivity index (χ3n) is 3.51. The molecule has 0 aliphatic rings. The van der Waals surface area contributed by atoms with E-state index in [2.05, 4.69) is 51.8 Å². The monoisotopic (exact) mass is 346 g/mol. The molecule has 0 spiro atoms. The molecule has 6 heteroatoms. The van der Waals surface area contributed by atoms with Gasteiger partial charge in [-0.25, -0.2) is 9.98 Å². The van der Waals surface area contributed by atoms with Gasteiger partial charge in [0.1, 0.15) is 0 Å². The first-order valence-corrected chi connectivity index (χ1v) is 8.95. The lowest BCUT2D eigenvalue weighted by atomic mass is 10.1. The van der Waals surface area contributed by atoms with E-state index in [0.717, 1.165) is 29.8 Å². The summed E-state index contributed by atoms with van der Waals surface area (Å²) in [6.07, 6.45) is 0. The molecule has 2 N–H and O–H groups in total. The van der Waals surface area contributed by atoms with Gasteiger partial charge in [-0.3, -0.25) is 0 Å². The Morgan fingerprint density at radius 2 is 1.88 bits per heavy atom. The lowest BCUT2D eigenvalue weighted by Gasteiger charge is -2.11. The number of hydrogen-bond donors (Lipinski definition) is 2. The lowest BCUT2D eigenvalue weighted by Crippen LogP contribution is -2.36. The smallest absolute Gasteiger partial charge is 0.191 e. The molecule has 1 aromatic carbocycles. The van der Waals surface area contributed by atoms with E-state index in [4.69, 9.17) is 4.74 Å². The molecule has 0 bridgehead atoms. The predicted molar refractivity (Wildman–Crippen MR) is 100 cm³/mol. The van der Waals surface area contributed by atoms with E-state index in [-0.39, 0.29) is 0 Å². The topological polar surface area (TPSA) is 58.5 Å². The number of nitrogens with zero attached hydrogens (tertiary/aromatic N) is 2. The summed E-state index contributed by atoms with van der Waals surface area (Å²) < 4.78 is 5.13. The molecule has 0 amide bonds. The highest BCUT2D eigenvalue weighted by molar-refractivity contribution is 7.11. The van der Waals surface area contributed by atoms with Gasteiger partial charge < -0.3 is 15.4 Å². The van der Waals surface area contributed by atoms with E-state index < -0.39 is 0 Å². The normalized spacial score (nSPS) is 11.6. The lowest BCUT2D eigenvalue weighted by molar-refractivity contribution is 0.185. The van der Waals surface area contributed by atoms with E-state index in [1.54, 1.807) is 18.4 Å². The largest absolute Gasteiger partial charge is 0.380 e. The molecule has 0 aliphatic carbocycles. The highest BCUT2D eigenvalue weighted by Gasteiger charge is 2.05. The van der Waals surface area contributed by atoms with Crippen molar-refractivity contribution in [3.8, 4) is 0 Å². The van der Waals surface area contributed by atoms with Gasteiger partial charge in [0.15, 0.2) is 5.96 Å². The summed E-state index contributed by atoms with van der Waals surface area (Å²) in [6.45, 7) is 9.01. The van der Waals surface area contributed by atoms with Crippen LogP contribution in [0, 0.1) is 13.8 Å². The summed E-state index contributed by atoms with van der Waals surface area (Å²) in [5, 5.41) is 7.77. The Hall–Kier alpha value is -1.92. The fourth-order valence-corrected chi connectivity index (χ4v) is 3.20. The zero-order chi connectivity index (χ0) is 17.4. The van der Waals surface area contributed by atoms with E-state index >= 15 is 0 Å². The first-order valence-electron chi connectivity index (χ1n) is 8.14. The summed E-state index contributed by atoms with van der Waals surface area (Å²) in [6, 6.07) is 8.35. The Morgan fingerprint density at radius 1 is 1.17 bits per heavy atom. The molecule has 24 heavy (non-hydrogen) atoms. The number of aryl methyl sites for hydroxylation is 2. The van der Waals surface area contributed by atoms with Crippen molar-refractivity contribution in [3.05, 3.63) is 51.0 Å². The zero-order valence-electron chi connectivity index (χ0n) is 14.8. The van der Waals surface area contributed by atoms with Gasteiger partial charge in [-0.05, 0) is 31.9 Å². The molecule has 2 rings (SSSR count). The molecule has 5 nitrogen and oxygen atoms in total. The van der Waals surface area contributed by atoms with Crippen LogP contribution in [0.15, 0.2) is 29.3 Å². The van der Waals surface area contributed by atoms with Crippen molar-refractivity contribution in [1.29, 1.82) is 0 Å². The number of rotatable bonds is 7.